The maximum absolute atomic E-state index is 13.9. The summed E-state index contributed by atoms with van der Waals surface area (Å²) >= 11 is 9.33. The first-order valence-electron chi connectivity index (χ1n) is 9.73. The highest BCUT2D eigenvalue weighted by atomic mass is 79.9. The van der Waals surface area contributed by atoms with E-state index in [0.717, 1.165) is 0 Å². The molecule has 1 aromatic heterocycles. The van der Waals surface area contributed by atoms with E-state index < -0.39 is 15.8 Å². The van der Waals surface area contributed by atoms with Crippen LogP contribution in [0.4, 0.5) is 4.39 Å². The van der Waals surface area contributed by atoms with Crippen LogP contribution in [-0.4, -0.2) is 35.6 Å². The van der Waals surface area contributed by atoms with Gasteiger partial charge in [0.1, 0.15) is 16.5 Å². The SMILES string of the molecule is O=S(=O)(N[C@H]1CC[C@@H](O)CC1)c1cc(-c2ncc(-c3ccc(Br)c(F)c3)[nH]2)ccc1Cl. The van der Waals surface area contributed by atoms with Crippen LogP contribution in [0.5, 0.6) is 0 Å². The van der Waals surface area contributed by atoms with Crippen molar-refractivity contribution in [3.63, 3.8) is 0 Å². The molecular weight excluding hydrogens is 509 g/mol. The Morgan fingerprint density at radius 1 is 1.13 bits per heavy atom. The van der Waals surface area contributed by atoms with E-state index in [1.807, 2.05) is 0 Å². The minimum atomic E-state index is -3.85. The van der Waals surface area contributed by atoms with Gasteiger partial charge in [-0.05, 0) is 71.9 Å². The highest BCUT2D eigenvalue weighted by Gasteiger charge is 2.26. The zero-order valence-electron chi connectivity index (χ0n) is 16.3. The summed E-state index contributed by atoms with van der Waals surface area (Å²) in [4.78, 5) is 7.38. The number of H-pyrrole nitrogens is 1. The molecule has 0 aliphatic heterocycles. The number of benzene rings is 2. The van der Waals surface area contributed by atoms with Crippen LogP contribution in [0.3, 0.4) is 0 Å². The highest BCUT2D eigenvalue weighted by Crippen LogP contribution is 2.30. The van der Waals surface area contributed by atoms with Gasteiger partial charge in [-0.25, -0.2) is 22.5 Å². The summed E-state index contributed by atoms with van der Waals surface area (Å²) in [5.41, 5.74) is 1.75. The molecule has 0 bridgehead atoms. The number of nitrogens with zero attached hydrogens (tertiary/aromatic N) is 1. The van der Waals surface area contributed by atoms with Crippen LogP contribution >= 0.6 is 27.5 Å². The fraction of sp³-hybridized carbons (Fsp3) is 0.286. The van der Waals surface area contributed by atoms with Gasteiger partial charge in [-0.1, -0.05) is 17.7 Å². The van der Waals surface area contributed by atoms with E-state index in [2.05, 4.69) is 30.6 Å². The molecule has 3 N–H and O–H groups in total. The van der Waals surface area contributed by atoms with Crippen molar-refractivity contribution in [1.29, 1.82) is 0 Å². The third-order valence-corrected chi connectivity index (χ3v) is 7.96. The Morgan fingerprint density at radius 3 is 2.55 bits per heavy atom. The van der Waals surface area contributed by atoms with Gasteiger partial charge in [-0.15, -0.1) is 0 Å². The van der Waals surface area contributed by atoms with Gasteiger partial charge in [0.15, 0.2) is 0 Å². The Balaban J connectivity index is 1.61. The average molecular weight is 529 g/mol. The maximum atomic E-state index is 13.9. The molecule has 6 nitrogen and oxygen atoms in total. The Hall–Kier alpha value is -1.78. The predicted octanol–water partition coefficient (Wildman–Crippen LogP) is 4.88. The van der Waals surface area contributed by atoms with E-state index in [0.29, 0.717) is 52.8 Å². The Kier molecular flexibility index (Phi) is 6.50. The maximum Gasteiger partial charge on any atom is 0.242 e. The first-order chi connectivity index (χ1) is 14.7. The molecule has 0 atom stereocenters. The molecule has 31 heavy (non-hydrogen) atoms. The number of aliphatic hydroxyl groups is 1. The smallest absolute Gasteiger partial charge is 0.242 e. The van der Waals surface area contributed by atoms with Crippen molar-refractivity contribution in [2.45, 2.75) is 42.7 Å². The Bertz CT molecular complexity index is 1210. The van der Waals surface area contributed by atoms with Crippen LogP contribution in [-0.2, 0) is 10.0 Å². The lowest BCUT2D eigenvalue weighted by Gasteiger charge is -2.26. The van der Waals surface area contributed by atoms with Crippen LogP contribution in [0.15, 0.2) is 52.0 Å². The van der Waals surface area contributed by atoms with E-state index in [4.69, 9.17) is 11.6 Å². The molecule has 10 heteroatoms. The minimum Gasteiger partial charge on any atom is -0.393 e. The van der Waals surface area contributed by atoms with Crippen LogP contribution < -0.4 is 4.72 Å². The van der Waals surface area contributed by atoms with Crippen molar-refractivity contribution < 1.29 is 17.9 Å². The van der Waals surface area contributed by atoms with Crippen LogP contribution in [0.1, 0.15) is 25.7 Å². The first kappa shape index (κ1) is 22.4. The third kappa shape index (κ3) is 5.01. The van der Waals surface area contributed by atoms with Gasteiger partial charge in [0, 0.05) is 17.2 Å². The lowest BCUT2D eigenvalue weighted by molar-refractivity contribution is 0.120. The Labute approximate surface area is 193 Å². The second kappa shape index (κ2) is 8.99. The number of imidazole rings is 1. The van der Waals surface area contributed by atoms with Gasteiger partial charge in [0.2, 0.25) is 10.0 Å². The molecule has 4 rings (SSSR count). The predicted molar refractivity (Wildman–Crippen MR) is 121 cm³/mol. The summed E-state index contributed by atoms with van der Waals surface area (Å²) < 4.78 is 42.8. The van der Waals surface area contributed by atoms with Crippen LogP contribution in [0.25, 0.3) is 22.6 Å². The highest BCUT2D eigenvalue weighted by molar-refractivity contribution is 9.10. The van der Waals surface area contributed by atoms with Gasteiger partial charge in [0.25, 0.3) is 0 Å². The van der Waals surface area contributed by atoms with E-state index in [1.165, 1.54) is 18.2 Å². The molecule has 0 spiro atoms. The van der Waals surface area contributed by atoms with E-state index in [-0.39, 0.29) is 22.1 Å². The number of aromatic nitrogens is 2. The van der Waals surface area contributed by atoms with Crippen LogP contribution in [0, 0.1) is 5.82 Å². The molecule has 1 saturated carbocycles. The van der Waals surface area contributed by atoms with E-state index in [9.17, 15) is 17.9 Å². The number of hydrogen-bond donors (Lipinski definition) is 3. The molecule has 0 radical (unpaired) electrons. The second-order valence-corrected chi connectivity index (χ2v) is 10.5. The van der Waals surface area contributed by atoms with Gasteiger partial charge in [0.05, 0.1) is 27.5 Å². The summed E-state index contributed by atoms with van der Waals surface area (Å²) in [6.07, 6.45) is 3.46. The average Bonchev–Trinajstić information content (AvgIpc) is 3.22. The molecule has 1 aliphatic carbocycles. The van der Waals surface area contributed by atoms with Gasteiger partial charge < -0.3 is 10.1 Å². The van der Waals surface area contributed by atoms with Crippen molar-refractivity contribution in [3.05, 3.63) is 57.9 Å². The van der Waals surface area contributed by atoms with Crippen molar-refractivity contribution in [1.82, 2.24) is 14.7 Å². The van der Waals surface area contributed by atoms with Crippen molar-refractivity contribution in [3.8, 4) is 22.6 Å². The summed E-state index contributed by atoms with van der Waals surface area (Å²) in [5, 5.41) is 9.74. The van der Waals surface area contributed by atoms with Crippen LogP contribution in [0.2, 0.25) is 5.02 Å². The number of rotatable bonds is 5. The number of nitrogens with one attached hydrogen (secondary N) is 2. The van der Waals surface area contributed by atoms with Crippen molar-refractivity contribution in [2.24, 2.45) is 0 Å². The normalized spacial score (nSPS) is 19.5. The molecule has 0 unspecified atom stereocenters. The molecule has 0 saturated heterocycles. The molecule has 3 aromatic rings. The topological polar surface area (TPSA) is 95.1 Å². The van der Waals surface area contributed by atoms with Crippen molar-refractivity contribution >= 4 is 37.6 Å². The first-order valence-corrected chi connectivity index (χ1v) is 12.4. The molecule has 1 heterocycles. The van der Waals surface area contributed by atoms with Crippen molar-refractivity contribution in [2.75, 3.05) is 0 Å². The lowest BCUT2D eigenvalue weighted by Crippen LogP contribution is -2.38. The molecule has 164 valence electrons. The number of sulfonamides is 1. The standard InChI is InChI=1S/C21H20BrClFN3O3S/c22-16-7-1-12(9-18(16)24)19-11-25-21(26-19)13-2-8-17(23)20(10-13)31(29,30)27-14-3-5-15(28)6-4-14/h1-2,7-11,14-15,27-28H,3-6H2,(H,25,26)/t14-,15+. The molecule has 2 aromatic carbocycles. The van der Waals surface area contributed by atoms with Gasteiger partial charge >= 0.3 is 0 Å². The molecular formula is C21H20BrClFN3O3S. The summed E-state index contributed by atoms with van der Waals surface area (Å²) in [6.45, 7) is 0. The number of hydrogen-bond acceptors (Lipinski definition) is 4. The number of aliphatic hydroxyl groups excluding tert-OH is 1. The fourth-order valence-electron chi connectivity index (χ4n) is 3.61. The van der Waals surface area contributed by atoms with E-state index >= 15 is 0 Å². The number of halogens is 3. The summed E-state index contributed by atoms with van der Waals surface area (Å²) in [7, 11) is -3.85. The molecule has 0 amide bonds. The monoisotopic (exact) mass is 527 g/mol. The minimum absolute atomic E-state index is 0.0366. The van der Waals surface area contributed by atoms with E-state index in [1.54, 1.807) is 24.4 Å². The largest absolute Gasteiger partial charge is 0.393 e. The zero-order chi connectivity index (χ0) is 22.2. The summed E-state index contributed by atoms with van der Waals surface area (Å²) in [5.74, 6) is 0.0436. The number of aromatic amines is 1. The summed E-state index contributed by atoms with van der Waals surface area (Å²) in [6, 6.07) is 9.13. The molecule has 1 aliphatic rings. The second-order valence-electron chi connectivity index (χ2n) is 7.55. The molecule has 1 fully saturated rings. The van der Waals surface area contributed by atoms with Gasteiger partial charge in [-0.3, -0.25) is 0 Å². The lowest BCUT2D eigenvalue weighted by atomic mass is 9.94. The quantitative estimate of drug-likeness (QED) is 0.440. The third-order valence-electron chi connectivity index (χ3n) is 5.32. The Morgan fingerprint density at radius 2 is 1.84 bits per heavy atom. The zero-order valence-corrected chi connectivity index (χ0v) is 19.4. The van der Waals surface area contributed by atoms with Gasteiger partial charge in [-0.2, -0.15) is 0 Å². The fourth-order valence-corrected chi connectivity index (χ4v) is 5.69.